The molecule has 3 N–H and O–H groups in total. The zero-order valence-corrected chi connectivity index (χ0v) is 11.0. The van der Waals surface area contributed by atoms with E-state index in [1.165, 1.54) is 0 Å². The van der Waals surface area contributed by atoms with Crippen molar-refractivity contribution in [3.05, 3.63) is 24.3 Å². The van der Waals surface area contributed by atoms with E-state index >= 15 is 0 Å². The summed E-state index contributed by atoms with van der Waals surface area (Å²) in [7, 11) is 0. The van der Waals surface area contributed by atoms with E-state index in [2.05, 4.69) is 29.1 Å². The van der Waals surface area contributed by atoms with Crippen LogP contribution in [0.15, 0.2) is 24.3 Å². The number of para-hydroxylation sites is 2. The highest BCUT2D eigenvalue weighted by Gasteiger charge is 2.15. The molecular formula is C14H21N3O. The number of anilines is 1. The van der Waals surface area contributed by atoms with Crippen molar-refractivity contribution in [2.24, 2.45) is 5.92 Å². The first kappa shape index (κ1) is 12.9. The maximum atomic E-state index is 10.0. The van der Waals surface area contributed by atoms with Crippen LogP contribution in [0.1, 0.15) is 26.7 Å². The van der Waals surface area contributed by atoms with Crippen LogP contribution in [-0.2, 0) is 0 Å². The lowest BCUT2D eigenvalue weighted by Gasteiger charge is -2.19. The average molecular weight is 247 g/mol. The molecule has 2 rings (SSSR count). The number of hydrogen-bond acceptors (Lipinski definition) is 3. The molecule has 4 nitrogen and oxygen atoms in total. The molecule has 0 aliphatic carbocycles. The predicted octanol–water partition coefficient (Wildman–Crippen LogP) is 2.77. The molecule has 1 unspecified atom stereocenters. The summed E-state index contributed by atoms with van der Waals surface area (Å²) in [6, 6.07) is 7.90. The Morgan fingerprint density at radius 2 is 2.00 bits per heavy atom. The van der Waals surface area contributed by atoms with E-state index in [1.807, 2.05) is 24.3 Å². The lowest BCUT2D eigenvalue weighted by Crippen LogP contribution is -2.27. The summed E-state index contributed by atoms with van der Waals surface area (Å²) < 4.78 is 0. The third-order valence-electron chi connectivity index (χ3n) is 3.46. The number of H-pyrrole nitrogens is 1. The van der Waals surface area contributed by atoms with Gasteiger partial charge < -0.3 is 15.4 Å². The molecule has 18 heavy (non-hydrogen) atoms. The first-order valence-corrected chi connectivity index (χ1v) is 6.61. The normalized spacial score (nSPS) is 13.1. The van der Waals surface area contributed by atoms with Crippen LogP contribution in [0.5, 0.6) is 0 Å². The molecule has 2 aromatic rings. The molecule has 0 saturated carbocycles. The van der Waals surface area contributed by atoms with Crippen LogP contribution in [0.25, 0.3) is 11.0 Å². The van der Waals surface area contributed by atoms with Crippen molar-refractivity contribution in [3.63, 3.8) is 0 Å². The van der Waals surface area contributed by atoms with Crippen molar-refractivity contribution in [3.8, 4) is 0 Å². The summed E-state index contributed by atoms with van der Waals surface area (Å²) in [5.41, 5.74) is 1.95. The highest BCUT2D eigenvalue weighted by atomic mass is 16.3. The minimum absolute atomic E-state index is 0.326. The van der Waals surface area contributed by atoms with Crippen LogP contribution in [0.4, 0.5) is 5.95 Å². The summed E-state index contributed by atoms with van der Waals surface area (Å²) in [5.74, 6) is 1.07. The van der Waals surface area contributed by atoms with Gasteiger partial charge in [-0.15, -0.1) is 0 Å². The molecule has 1 aromatic heterocycles. The molecule has 0 saturated heterocycles. The number of fused-ring (bicyclic) bond motifs is 1. The lowest BCUT2D eigenvalue weighted by atomic mass is 9.97. The highest BCUT2D eigenvalue weighted by molar-refractivity contribution is 5.77. The summed E-state index contributed by atoms with van der Waals surface area (Å²) in [4.78, 5) is 7.61. The smallest absolute Gasteiger partial charge is 0.201 e. The number of hydrogen-bond donors (Lipinski definition) is 3. The molecule has 4 heteroatoms. The topological polar surface area (TPSA) is 60.9 Å². The third kappa shape index (κ3) is 2.82. The molecular weight excluding hydrogens is 226 g/mol. The molecule has 0 aliphatic heterocycles. The second kappa shape index (κ2) is 5.87. The number of aliphatic hydroxyl groups excluding tert-OH is 1. The minimum atomic E-state index is -0.326. The first-order chi connectivity index (χ1) is 8.74. The fraction of sp³-hybridized carbons (Fsp3) is 0.500. The van der Waals surface area contributed by atoms with Gasteiger partial charge in [-0.1, -0.05) is 38.8 Å². The molecule has 1 heterocycles. The summed E-state index contributed by atoms with van der Waals surface area (Å²) in [6.45, 7) is 4.75. The van der Waals surface area contributed by atoms with Crippen molar-refractivity contribution < 1.29 is 5.11 Å². The highest BCUT2D eigenvalue weighted by Crippen LogP contribution is 2.16. The maximum Gasteiger partial charge on any atom is 0.201 e. The monoisotopic (exact) mass is 247 g/mol. The molecule has 1 aromatic carbocycles. The van der Waals surface area contributed by atoms with Gasteiger partial charge in [0.05, 0.1) is 17.1 Å². The quantitative estimate of drug-likeness (QED) is 0.735. The van der Waals surface area contributed by atoms with Crippen molar-refractivity contribution in [1.82, 2.24) is 9.97 Å². The van der Waals surface area contributed by atoms with Gasteiger partial charge in [0.1, 0.15) is 0 Å². The van der Waals surface area contributed by atoms with E-state index in [4.69, 9.17) is 0 Å². The molecule has 0 spiro atoms. The van der Waals surface area contributed by atoms with Crippen molar-refractivity contribution in [1.29, 1.82) is 0 Å². The first-order valence-electron chi connectivity index (χ1n) is 6.61. The Kier molecular flexibility index (Phi) is 4.20. The number of nitrogens with one attached hydrogen (secondary N) is 2. The standard InChI is InChI=1S/C14H21N3O/c1-3-10(4-2)13(18)9-15-14-16-11-7-5-6-8-12(11)17-14/h5-8,10,13,18H,3-4,9H2,1-2H3,(H2,15,16,17). The predicted molar refractivity (Wildman–Crippen MR) is 74.7 cm³/mol. The number of aliphatic hydroxyl groups is 1. The summed E-state index contributed by atoms with van der Waals surface area (Å²) in [6.07, 6.45) is 1.67. The van der Waals surface area contributed by atoms with E-state index in [0.717, 1.165) is 29.8 Å². The summed E-state index contributed by atoms with van der Waals surface area (Å²) in [5, 5.41) is 13.2. The van der Waals surface area contributed by atoms with E-state index in [9.17, 15) is 5.11 Å². The Bertz CT molecular complexity index is 457. The Balaban J connectivity index is 1.97. The van der Waals surface area contributed by atoms with Crippen molar-refractivity contribution in [2.75, 3.05) is 11.9 Å². The SMILES string of the molecule is CCC(CC)C(O)CNc1nc2ccccc2[nH]1. The largest absolute Gasteiger partial charge is 0.391 e. The van der Waals surface area contributed by atoms with Crippen LogP contribution in [0.3, 0.4) is 0 Å². The van der Waals surface area contributed by atoms with Crippen LogP contribution in [0.2, 0.25) is 0 Å². The Morgan fingerprint density at radius 3 is 2.67 bits per heavy atom. The fourth-order valence-electron chi connectivity index (χ4n) is 2.24. The Morgan fingerprint density at radius 1 is 1.28 bits per heavy atom. The number of aromatic nitrogens is 2. The lowest BCUT2D eigenvalue weighted by molar-refractivity contribution is 0.114. The Labute approximate surface area is 107 Å². The molecule has 98 valence electrons. The number of nitrogens with zero attached hydrogens (tertiary/aromatic N) is 1. The number of benzene rings is 1. The zero-order chi connectivity index (χ0) is 13.0. The summed E-state index contributed by atoms with van der Waals surface area (Å²) >= 11 is 0. The molecule has 0 radical (unpaired) electrons. The average Bonchev–Trinajstić information content (AvgIpc) is 2.80. The molecule has 0 aliphatic rings. The third-order valence-corrected chi connectivity index (χ3v) is 3.46. The fourth-order valence-corrected chi connectivity index (χ4v) is 2.24. The minimum Gasteiger partial charge on any atom is -0.391 e. The second-order valence-electron chi connectivity index (χ2n) is 4.63. The van der Waals surface area contributed by atoms with Gasteiger partial charge in [-0.25, -0.2) is 4.98 Å². The van der Waals surface area contributed by atoms with Gasteiger partial charge in [0.15, 0.2) is 0 Å². The zero-order valence-electron chi connectivity index (χ0n) is 11.0. The van der Waals surface area contributed by atoms with Crippen LogP contribution in [-0.4, -0.2) is 27.7 Å². The van der Waals surface area contributed by atoms with Gasteiger partial charge in [0, 0.05) is 6.54 Å². The van der Waals surface area contributed by atoms with Crippen molar-refractivity contribution in [2.45, 2.75) is 32.8 Å². The number of aromatic amines is 1. The Hall–Kier alpha value is -1.55. The molecule has 1 atom stereocenters. The molecule has 0 bridgehead atoms. The van der Waals surface area contributed by atoms with Crippen LogP contribution in [0, 0.1) is 5.92 Å². The van der Waals surface area contributed by atoms with Crippen molar-refractivity contribution >= 4 is 17.0 Å². The van der Waals surface area contributed by atoms with Gasteiger partial charge >= 0.3 is 0 Å². The van der Waals surface area contributed by atoms with Crippen LogP contribution >= 0.6 is 0 Å². The van der Waals surface area contributed by atoms with E-state index in [0.29, 0.717) is 12.5 Å². The van der Waals surface area contributed by atoms with Gasteiger partial charge in [-0.2, -0.15) is 0 Å². The molecule has 0 fully saturated rings. The van der Waals surface area contributed by atoms with Gasteiger partial charge in [-0.05, 0) is 18.1 Å². The molecule has 0 amide bonds. The number of imidazole rings is 1. The van der Waals surface area contributed by atoms with E-state index in [1.54, 1.807) is 0 Å². The van der Waals surface area contributed by atoms with Gasteiger partial charge in [-0.3, -0.25) is 0 Å². The van der Waals surface area contributed by atoms with E-state index < -0.39 is 0 Å². The van der Waals surface area contributed by atoms with Crippen LogP contribution < -0.4 is 5.32 Å². The van der Waals surface area contributed by atoms with Gasteiger partial charge in [0.25, 0.3) is 0 Å². The van der Waals surface area contributed by atoms with Gasteiger partial charge in [0.2, 0.25) is 5.95 Å². The second-order valence-corrected chi connectivity index (χ2v) is 4.63. The maximum absolute atomic E-state index is 10.0. The number of rotatable bonds is 6. The van der Waals surface area contributed by atoms with E-state index in [-0.39, 0.29) is 6.10 Å².